The fraction of sp³-hybridized carbons (Fsp3) is 0.667. The predicted octanol–water partition coefficient (Wildman–Crippen LogP) is 1.93. The Kier molecular flexibility index (Phi) is 5.78. The maximum atomic E-state index is 4.25. The number of hydrogen-bond donors (Lipinski definition) is 1. The summed E-state index contributed by atoms with van der Waals surface area (Å²) < 4.78 is 0. The first-order valence-corrected chi connectivity index (χ1v) is 6.01. The summed E-state index contributed by atoms with van der Waals surface area (Å²) in [5.74, 6) is 0.905. The number of aryl methyl sites for hydroxylation is 1. The van der Waals surface area contributed by atoms with Crippen molar-refractivity contribution in [1.29, 1.82) is 0 Å². The Hall–Kier alpha value is -1.16. The average molecular weight is 222 g/mol. The summed E-state index contributed by atoms with van der Waals surface area (Å²) >= 11 is 0. The van der Waals surface area contributed by atoms with E-state index in [1.165, 1.54) is 0 Å². The normalized spacial score (nSPS) is 10.8. The first kappa shape index (κ1) is 12.9. The Morgan fingerprint density at radius 1 is 1.19 bits per heavy atom. The molecule has 1 rings (SSSR count). The molecule has 1 N–H and O–H groups in total. The van der Waals surface area contributed by atoms with Crippen molar-refractivity contribution in [2.24, 2.45) is 0 Å². The molecule has 0 spiro atoms. The van der Waals surface area contributed by atoms with E-state index in [2.05, 4.69) is 34.0 Å². The molecule has 0 radical (unpaired) electrons. The summed E-state index contributed by atoms with van der Waals surface area (Å²) in [5, 5.41) is 3.32. The number of anilines is 1. The first-order valence-electron chi connectivity index (χ1n) is 6.01. The molecular weight excluding hydrogens is 200 g/mol. The van der Waals surface area contributed by atoms with Gasteiger partial charge < -0.3 is 10.2 Å². The highest BCUT2D eigenvalue weighted by atomic mass is 15.1. The Morgan fingerprint density at radius 2 is 1.88 bits per heavy atom. The average Bonchev–Trinajstić information content (AvgIpc) is 2.31. The van der Waals surface area contributed by atoms with Gasteiger partial charge in [-0.15, -0.1) is 0 Å². The third-order valence-corrected chi connectivity index (χ3v) is 2.72. The van der Waals surface area contributed by atoms with Gasteiger partial charge >= 0.3 is 0 Å². The fourth-order valence-corrected chi connectivity index (χ4v) is 1.63. The topological polar surface area (TPSA) is 41.0 Å². The van der Waals surface area contributed by atoms with Crippen molar-refractivity contribution < 1.29 is 0 Å². The Morgan fingerprint density at radius 3 is 2.50 bits per heavy atom. The Labute approximate surface area is 98.1 Å². The van der Waals surface area contributed by atoms with E-state index < -0.39 is 0 Å². The minimum Gasteiger partial charge on any atom is -0.369 e. The van der Waals surface area contributed by atoms with E-state index in [4.69, 9.17) is 0 Å². The summed E-state index contributed by atoms with van der Waals surface area (Å²) in [4.78, 5) is 10.9. The minimum atomic E-state index is 0.905. The monoisotopic (exact) mass is 222 g/mol. The van der Waals surface area contributed by atoms with Gasteiger partial charge in [0.25, 0.3) is 0 Å². The third-order valence-electron chi connectivity index (χ3n) is 2.72. The highest BCUT2D eigenvalue weighted by Gasteiger charge is 2.00. The molecule has 1 aromatic rings. The highest BCUT2D eigenvalue weighted by molar-refractivity contribution is 5.37. The second-order valence-electron chi connectivity index (χ2n) is 3.80. The molecule has 0 unspecified atom stereocenters. The van der Waals surface area contributed by atoms with Gasteiger partial charge in [-0.05, 0) is 33.0 Å². The van der Waals surface area contributed by atoms with Gasteiger partial charge in [0, 0.05) is 18.9 Å². The molecule has 4 nitrogen and oxygen atoms in total. The lowest BCUT2D eigenvalue weighted by Gasteiger charge is -2.17. The lowest BCUT2D eigenvalue weighted by atomic mass is 10.3. The zero-order valence-corrected chi connectivity index (χ0v) is 10.5. The van der Waals surface area contributed by atoms with Crippen LogP contribution in [0.25, 0.3) is 0 Å². The van der Waals surface area contributed by atoms with Crippen molar-refractivity contribution in [3.63, 3.8) is 0 Å². The molecular formula is C12H22N4. The largest absolute Gasteiger partial charge is 0.369 e. The summed E-state index contributed by atoms with van der Waals surface area (Å²) in [6.07, 6.45) is 4.58. The Bertz CT molecular complexity index is 297. The number of aromatic nitrogens is 2. The van der Waals surface area contributed by atoms with Crippen molar-refractivity contribution in [3.05, 3.63) is 18.1 Å². The predicted molar refractivity (Wildman–Crippen MR) is 67.7 cm³/mol. The molecule has 0 bridgehead atoms. The molecule has 1 aromatic heterocycles. The van der Waals surface area contributed by atoms with E-state index >= 15 is 0 Å². The second kappa shape index (κ2) is 7.17. The van der Waals surface area contributed by atoms with E-state index in [1.807, 2.05) is 6.92 Å². The SMILES string of the molecule is CCN(CC)CCCNc1nccnc1C. The number of nitrogens with zero attached hydrogens (tertiary/aromatic N) is 3. The summed E-state index contributed by atoms with van der Waals surface area (Å²) in [6.45, 7) is 10.7. The lowest BCUT2D eigenvalue weighted by Crippen LogP contribution is -2.25. The second-order valence-corrected chi connectivity index (χ2v) is 3.80. The van der Waals surface area contributed by atoms with Crippen LogP contribution in [0.4, 0.5) is 5.82 Å². The molecule has 0 atom stereocenters. The zero-order valence-electron chi connectivity index (χ0n) is 10.5. The van der Waals surface area contributed by atoms with Crippen LogP contribution in [-0.2, 0) is 0 Å². The highest BCUT2D eigenvalue weighted by Crippen LogP contribution is 2.05. The van der Waals surface area contributed by atoms with Gasteiger partial charge in [-0.25, -0.2) is 4.98 Å². The van der Waals surface area contributed by atoms with Gasteiger partial charge in [0.2, 0.25) is 0 Å². The quantitative estimate of drug-likeness (QED) is 0.716. The molecule has 0 saturated carbocycles. The van der Waals surface area contributed by atoms with Crippen molar-refractivity contribution in [3.8, 4) is 0 Å². The van der Waals surface area contributed by atoms with Crippen LogP contribution >= 0.6 is 0 Å². The third kappa shape index (κ3) is 4.14. The van der Waals surface area contributed by atoms with Crippen LogP contribution in [0, 0.1) is 6.92 Å². The minimum absolute atomic E-state index is 0.905. The standard InChI is InChI=1S/C12H22N4/c1-4-16(5-2)10-6-7-14-12-11(3)13-8-9-15-12/h8-9H,4-7,10H2,1-3H3,(H,14,15). The number of hydrogen-bond acceptors (Lipinski definition) is 4. The van der Waals surface area contributed by atoms with Gasteiger partial charge in [0.15, 0.2) is 0 Å². The number of nitrogens with one attached hydrogen (secondary N) is 1. The molecule has 0 saturated heterocycles. The van der Waals surface area contributed by atoms with E-state index in [0.29, 0.717) is 0 Å². The van der Waals surface area contributed by atoms with Crippen LogP contribution in [0.15, 0.2) is 12.4 Å². The Balaban J connectivity index is 2.23. The molecule has 0 fully saturated rings. The molecule has 0 aliphatic carbocycles. The van der Waals surface area contributed by atoms with Crippen LogP contribution in [0.5, 0.6) is 0 Å². The molecule has 0 aromatic carbocycles. The lowest BCUT2D eigenvalue weighted by molar-refractivity contribution is 0.303. The van der Waals surface area contributed by atoms with Gasteiger partial charge in [0.1, 0.15) is 5.82 Å². The molecule has 16 heavy (non-hydrogen) atoms. The zero-order chi connectivity index (χ0) is 11.8. The van der Waals surface area contributed by atoms with Gasteiger partial charge in [-0.2, -0.15) is 0 Å². The van der Waals surface area contributed by atoms with Crippen molar-refractivity contribution >= 4 is 5.82 Å². The van der Waals surface area contributed by atoms with Gasteiger partial charge in [-0.1, -0.05) is 13.8 Å². The molecule has 90 valence electrons. The fourth-order valence-electron chi connectivity index (χ4n) is 1.63. The van der Waals surface area contributed by atoms with Crippen LogP contribution in [0.3, 0.4) is 0 Å². The summed E-state index contributed by atoms with van der Waals surface area (Å²) in [5.41, 5.74) is 0.963. The van der Waals surface area contributed by atoms with Crippen molar-refractivity contribution in [1.82, 2.24) is 14.9 Å². The first-order chi connectivity index (χ1) is 7.77. The van der Waals surface area contributed by atoms with Crippen LogP contribution in [-0.4, -0.2) is 41.0 Å². The summed E-state index contributed by atoms with van der Waals surface area (Å²) in [7, 11) is 0. The molecule has 4 heteroatoms. The van der Waals surface area contributed by atoms with Crippen molar-refractivity contribution in [2.45, 2.75) is 27.2 Å². The summed E-state index contributed by atoms with van der Waals surface area (Å²) in [6, 6.07) is 0. The van der Waals surface area contributed by atoms with Crippen molar-refractivity contribution in [2.75, 3.05) is 31.5 Å². The maximum Gasteiger partial charge on any atom is 0.147 e. The smallest absolute Gasteiger partial charge is 0.147 e. The van der Waals surface area contributed by atoms with E-state index in [9.17, 15) is 0 Å². The molecule has 0 amide bonds. The van der Waals surface area contributed by atoms with Gasteiger partial charge in [-0.3, -0.25) is 4.98 Å². The van der Waals surface area contributed by atoms with E-state index in [0.717, 1.165) is 44.1 Å². The van der Waals surface area contributed by atoms with E-state index in [1.54, 1.807) is 12.4 Å². The maximum absolute atomic E-state index is 4.25. The number of rotatable bonds is 7. The van der Waals surface area contributed by atoms with Crippen LogP contribution in [0.1, 0.15) is 26.0 Å². The van der Waals surface area contributed by atoms with Gasteiger partial charge in [0.05, 0.1) is 5.69 Å². The molecule has 0 aliphatic rings. The van der Waals surface area contributed by atoms with Crippen LogP contribution < -0.4 is 5.32 Å². The van der Waals surface area contributed by atoms with E-state index in [-0.39, 0.29) is 0 Å². The molecule has 1 heterocycles. The molecule has 0 aliphatic heterocycles. The van der Waals surface area contributed by atoms with Crippen LogP contribution in [0.2, 0.25) is 0 Å².